The van der Waals surface area contributed by atoms with E-state index >= 15 is 0 Å². The topological polar surface area (TPSA) is 104 Å². The Balaban J connectivity index is 1.66. The van der Waals surface area contributed by atoms with Crippen LogP contribution in [0.25, 0.3) is 5.65 Å². The number of urea groups is 1. The van der Waals surface area contributed by atoms with Crippen molar-refractivity contribution in [1.82, 2.24) is 19.6 Å². The highest BCUT2D eigenvalue weighted by Crippen LogP contribution is 2.52. The Morgan fingerprint density at radius 1 is 1.09 bits per heavy atom. The molecule has 1 N–H and O–H groups in total. The molecule has 2 atom stereocenters. The lowest BCUT2D eigenvalue weighted by Crippen LogP contribution is -2.70. The highest BCUT2D eigenvalue weighted by atomic mass is 16.2. The number of carbonyl (C=O) groups excluding carboxylic acids is 3. The summed E-state index contributed by atoms with van der Waals surface area (Å²) >= 11 is 0. The number of nitrogens with one attached hydrogen (secondary N) is 1. The number of amides is 4. The molecule has 2 unspecified atom stereocenters. The minimum atomic E-state index is -1.66. The normalized spacial score (nSPS) is 23.6. The smallest absolute Gasteiger partial charge is 0.330 e. The van der Waals surface area contributed by atoms with Gasteiger partial charge in [-0.1, -0.05) is 37.3 Å². The van der Waals surface area contributed by atoms with Crippen LogP contribution in [0.4, 0.5) is 10.6 Å². The maximum atomic E-state index is 14.1. The van der Waals surface area contributed by atoms with Crippen LogP contribution in [0.15, 0.2) is 53.5 Å². The number of carbonyl (C=O) groups is 3. The highest BCUT2D eigenvalue weighted by Gasteiger charge is 2.64. The Morgan fingerprint density at radius 3 is 2.71 bits per heavy atom. The van der Waals surface area contributed by atoms with Crippen LogP contribution in [0.3, 0.4) is 0 Å². The Bertz CT molecular complexity index is 1450. The monoisotopic (exact) mass is 457 g/mol. The number of imide groups is 2. The summed E-state index contributed by atoms with van der Waals surface area (Å²) in [7, 11) is 0. The molecule has 0 aliphatic carbocycles. The molecule has 1 saturated heterocycles. The van der Waals surface area contributed by atoms with Crippen LogP contribution in [0.2, 0.25) is 0 Å². The van der Waals surface area contributed by atoms with E-state index in [1.54, 1.807) is 18.3 Å². The number of hydrogen-bond donors (Lipinski definition) is 1. The summed E-state index contributed by atoms with van der Waals surface area (Å²) in [6, 6.07) is 11.7. The first kappa shape index (κ1) is 20.6. The summed E-state index contributed by atoms with van der Waals surface area (Å²) < 4.78 is 1.44. The average molecular weight is 457 g/mol. The fourth-order valence-electron chi connectivity index (χ4n) is 5.74. The zero-order chi connectivity index (χ0) is 23.6. The Morgan fingerprint density at radius 2 is 1.88 bits per heavy atom. The van der Waals surface area contributed by atoms with Crippen LogP contribution in [-0.4, -0.2) is 45.2 Å². The number of hydrogen-bond acceptors (Lipinski definition) is 6. The minimum absolute atomic E-state index is 0.125. The third kappa shape index (κ3) is 2.57. The average Bonchev–Trinajstić information content (AvgIpc) is 2.85. The lowest BCUT2D eigenvalue weighted by Gasteiger charge is -2.53. The second-order valence-corrected chi connectivity index (χ2v) is 9.06. The van der Waals surface area contributed by atoms with Crippen LogP contribution in [0.5, 0.6) is 0 Å². The molecular weight excluding hydrogens is 434 g/mol. The van der Waals surface area contributed by atoms with Crippen molar-refractivity contribution < 1.29 is 14.4 Å². The van der Waals surface area contributed by atoms with Crippen molar-refractivity contribution in [3.05, 3.63) is 75.7 Å². The summed E-state index contributed by atoms with van der Waals surface area (Å²) in [5, 5.41) is 2.43. The predicted molar refractivity (Wildman–Crippen MR) is 123 cm³/mol. The molecule has 9 nitrogen and oxygen atoms in total. The summed E-state index contributed by atoms with van der Waals surface area (Å²) in [5.41, 5.74) is 0.746. The van der Waals surface area contributed by atoms with E-state index in [4.69, 9.17) is 4.98 Å². The van der Waals surface area contributed by atoms with Crippen molar-refractivity contribution in [1.29, 1.82) is 0 Å². The van der Waals surface area contributed by atoms with Gasteiger partial charge in [0.05, 0.1) is 11.6 Å². The van der Waals surface area contributed by atoms with Gasteiger partial charge in [-0.25, -0.2) is 9.78 Å². The van der Waals surface area contributed by atoms with Crippen LogP contribution in [-0.2, 0) is 22.4 Å². The van der Waals surface area contributed by atoms with Crippen LogP contribution in [0.1, 0.15) is 36.1 Å². The molecule has 1 aromatic carbocycles. The lowest BCUT2D eigenvalue weighted by atomic mass is 9.65. The number of benzene rings is 1. The number of fused-ring (bicyclic) bond motifs is 7. The Labute approximate surface area is 195 Å². The molecule has 3 aromatic rings. The van der Waals surface area contributed by atoms with Gasteiger partial charge in [0.1, 0.15) is 11.5 Å². The van der Waals surface area contributed by atoms with Gasteiger partial charge in [0, 0.05) is 25.7 Å². The van der Waals surface area contributed by atoms with E-state index in [9.17, 15) is 19.2 Å². The minimum Gasteiger partial charge on any atom is -0.347 e. The predicted octanol–water partition coefficient (Wildman–Crippen LogP) is 1.83. The van der Waals surface area contributed by atoms with Gasteiger partial charge in [-0.15, -0.1) is 0 Å². The largest absolute Gasteiger partial charge is 0.347 e. The third-order valence-corrected chi connectivity index (χ3v) is 7.23. The number of pyridine rings is 1. The van der Waals surface area contributed by atoms with E-state index < -0.39 is 29.3 Å². The van der Waals surface area contributed by atoms with Gasteiger partial charge in [-0.05, 0) is 36.1 Å². The van der Waals surface area contributed by atoms with E-state index in [2.05, 4.69) is 5.32 Å². The molecule has 34 heavy (non-hydrogen) atoms. The van der Waals surface area contributed by atoms with E-state index in [-0.39, 0.29) is 18.5 Å². The molecule has 1 spiro atoms. The highest BCUT2D eigenvalue weighted by molar-refractivity contribution is 6.20. The molecule has 1 fully saturated rings. The van der Waals surface area contributed by atoms with Crippen LogP contribution >= 0.6 is 0 Å². The molecule has 5 heterocycles. The van der Waals surface area contributed by atoms with Gasteiger partial charge in [0.15, 0.2) is 5.41 Å². The van der Waals surface area contributed by atoms with Gasteiger partial charge >= 0.3 is 6.03 Å². The molecular formula is C25H23N5O4. The maximum absolute atomic E-state index is 14.1. The van der Waals surface area contributed by atoms with Gasteiger partial charge in [0.25, 0.3) is 5.56 Å². The number of barbiturate groups is 1. The van der Waals surface area contributed by atoms with Crippen molar-refractivity contribution in [2.24, 2.45) is 5.41 Å². The molecule has 4 amide bonds. The molecule has 0 radical (unpaired) electrons. The number of anilines is 1. The van der Waals surface area contributed by atoms with E-state index in [1.807, 2.05) is 42.2 Å². The van der Waals surface area contributed by atoms with Gasteiger partial charge in [0.2, 0.25) is 11.8 Å². The Kier molecular flexibility index (Phi) is 4.39. The molecule has 6 rings (SSSR count). The SMILES string of the molecule is CCCN1C(=O)NC(=O)C2(Cc3c(nc4ccccn4c3=O)N3CCc4ccccc4C32)C1=O. The fourth-order valence-corrected chi connectivity index (χ4v) is 5.74. The maximum Gasteiger partial charge on any atom is 0.330 e. The van der Waals surface area contributed by atoms with Crippen molar-refractivity contribution in [2.45, 2.75) is 32.2 Å². The van der Waals surface area contributed by atoms with Crippen molar-refractivity contribution in [3.63, 3.8) is 0 Å². The first-order valence-electron chi connectivity index (χ1n) is 11.5. The first-order chi connectivity index (χ1) is 16.5. The van der Waals surface area contributed by atoms with Gasteiger partial charge < -0.3 is 4.90 Å². The second kappa shape index (κ2) is 7.24. The Hall–Kier alpha value is -4.01. The molecule has 9 heteroatoms. The zero-order valence-corrected chi connectivity index (χ0v) is 18.7. The molecule has 2 aromatic heterocycles. The second-order valence-electron chi connectivity index (χ2n) is 9.06. The number of aromatic nitrogens is 2. The van der Waals surface area contributed by atoms with E-state index in [0.29, 0.717) is 36.4 Å². The zero-order valence-electron chi connectivity index (χ0n) is 18.7. The summed E-state index contributed by atoms with van der Waals surface area (Å²) in [4.78, 5) is 61.7. The van der Waals surface area contributed by atoms with Gasteiger partial charge in [-0.2, -0.15) is 0 Å². The summed E-state index contributed by atoms with van der Waals surface area (Å²) in [6.45, 7) is 2.55. The van der Waals surface area contributed by atoms with Crippen LogP contribution < -0.4 is 15.8 Å². The third-order valence-electron chi connectivity index (χ3n) is 7.23. The van der Waals surface area contributed by atoms with Gasteiger partial charge in [-0.3, -0.25) is 29.0 Å². The summed E-state index contributed by atoms with van der Waals surface area (Å²) in [5.74, 6) is -0.719. The van der Waals surface area contributed by atoms with Crippen LogP contribution in [0, 0.1) is 5.41 Å². The van der Waals surface area contributed by atoms with Crippen molar-refractivity contribution >= 4 is 29.3 Å². The van der Waals surface area contributed by atoms with Crippen molar-refractivity contribution in [3.8, 4) is 0 Å². The summed E-state index contributed by atoms with van der Waals surface area (Å²) in [6.07, 6.45) is 2.75. The molecule has 0 bridgehead atoms. The molecule has 3 aliphatic heterocycles. The standard InChI is InChI=1S/C25H23N5O4/c1-2-11-30-23(33)25(22(32)27-24(30)34)14-17-20(26-18-9-5-6-12-28(18)21(17)31)29-13-10-15-7-3-4-8-16(15)19(25)29/h3-9,12,19H,2,10-11,13-14H2,1H3,(H,27,32,34). The van der Waals surface area contributed by atoms with Crippen molar-refractivity contribution in [2.75, 3.05) is 18.0 Å². The first-order valence-corrected chi connectivity index (χ1v) is 11.5. The quantitative estimate of drug-likeness (QED) is 0.589. The van der Waals surface area contributed by atoms with E-state index in [0.717, 1.165) is 16.0 Å². The molecule has 3 aliphatic rings. The fraction of sp³-hybridized carbons (Fsp3) is 0.320. The number of nitrogens with zero attached hydrogens (tertiary/aromatic N) is 4. The molecule has 172 valence electrons. The lowest BCUT2D eigenvalue weighted by molar-refractivity contribution is -0.154. The molecule has 0 saturated carbocycles. The number of rotatable bonds is 2. The van der Waals surface area contributed by atoms with E-state index in [1.165, 1.54) is 4.40 Å².